The van der Waals surface area contributed by atoms with Crippen molar-refractivity contribution in [2.45, 2.75) is 26.4 Å². The van der Waals surface area contributed by atoms with Crippen LogP contribution in [-0.4, -0.2) is 19.1 Å². The van der Waals surface area contributed by atoms with Crippen LogP contribution in [-0.2, 0) is 16.0 Å². The Morgan fingerprint density at radius 3 is 2.78 bits per heavy atom. The van der Waals surface area contributed by atoms with Gasteiger partial charge in [-0.2, -0.15) is 0 Å². The van der Waals surface area contributed by atoms with Gasteiger partial charge in [-0.1, -0.05) is 18.2 Å². The molecule has 0 bridgehead atoms. The lowest BCUT2D eigenvalue weighted by atomic mass is 9.74. The summed E-state index contributed by atoms with van der Waals surface area (Å²) < 4.78 is 5.70. The van der Waals surface area contributed by atoms with Crippen molar-refractivity contribution in [3.63, 3.8) is 0 Å². The van der Waals surface area contributed by atoms with Crippen LogP contribution in [0.15, 0.2) is 36.1 Å². The average molecular weight is 243 g/mol. The number of hydrogen-bond acceptors (Lipinski definition) is 2. The largest absolute Gasteiger partial charge is 0.494 e. The highest BCUT2D eigenvalue weighted by Gasteiger charge is 2.51. The number of amides is 1. The third kappa shape index (κ3) is 1.33. The van der Waals surface area contributed by atoms with Gasteiger partial charge in [0.25, 0.3) is 0 Å². The highest BCUT2D eigenvalue weighted by atomic mass is 16.5. The summed E-state index contributed by atoms with van der Waals surface area (Å²) in [7, 11) is 1.84. The predicted molar refractivity (Wildman–Crippen MR) is 70.3 cm³/mol. The zero-order chi connectivity index (χ0) is 12.9. The molecule has 2 unspecified atom stereocenters. The Balaban J connectivity index is 2.14. The quantitative estimate of drug-likeness (QED) is 0.700. The van der Waals surface area contributed by atoms with Crippen LogP contribution < -0.4 is 4.90 Å². The number of carbonyl (C=O) groups is 1. The molecule has 0 saturated heterocycles. The number of anilines is 1. The number of benzene rings is 1. The summed E-state index contributed by atoms with van der Waals surface area (Å²) in [5.74, 6) is 0.981. The van der Waals surface area contributed by atoms with Crippen LogP contribution >= 0.6 is 0 Å². The van der Waals surface area contributed by atoms with Gasteiger partial charge < -0.3 is 9.64 Å². The van der Waals surface area contributed by atoms with E-state index in [9.17, 15) is 4.79 Å². The Morgan fingerprint density at radius 2 is 2.11 bits per heavy atom. The van der Waals surface area contributed by atoms with E-state index in [1.54, 1.807) is 4.90 Å². The lowest BCUT2D eigenvalue weighted by Crippen LogP contribution is -2.50. The number of allylic oxidation sites excluding steroid dienone is 1. The summed E-state index contributed by atoms with van der Waals surface area (Å²) in [6.45, 7) is 3.89. The molecule has 2 atom stereocenters. The lowest BCUT2D eigenvalue weighted by Gasteiger charge is -2.39. The highest BCUT2D eigenvalue weighted by Crippen LogP contribution is 2.45. The monoisotopic (exact) mass is 243 g/mol. The minimum absolute atomic E-state index is 0.0965. The second-order valence-corrected chi connectivity index (χ2v) is 5.23. The summed E-state index contributed by atoms with van der Waals surface area (Å²) in [5, 5.41) is 0. The molecule has 2 aliphatic rings. The average Bonchev–Trinajstić information content (AvgIpc) is 2.62. The van der Waals surface area contributed by atoms with Crippen LogP contribution in [0.1, 0.15) is 19.4 Å². The number of ether oxygens (including phenoxy) is 1. The van der Waals surface area contributed by atoms with Gasteiger partial charge in [-0.3, -0.25) is 4.79 Å². The first kappa shape index (κ1) is 11.3. The van der Waals surface area contributed by atoms with E-state index in [0.29, 0.717) is 0 Å². The second kappa shape index (κ2) is 3.61. The molecule has 3 nitrogen and oxygen atoms in total. The molecule has 1 aromatic carbocycles. The molecule has 1 amide bonds. The van der Waals surface area contributed by atoms with Crippen LogP contribution in [0, 0.1) is 5.41 Å². The van der Waals surface area contributed by atoms with Gasteiger partial charge >= 0.3 is 0 Å². The van der Waals surface area contributed by atoms with E-state index in [1.165, 1.54) is 5.56 Å². The van der Waals surface area contributed by atoms with Gasteiger partial charge in [0.2, 0.25) is 5.91 Å². The number of fused-ring (bicyclic) bond motifs is 1. The Kier molecular flexibility index (Phi) is 2.27. The Labute approximate surface area is 107 Å². The molecular formula is C15H17NO2. The van der Waals surface area contributed by atoms with Gasteiger partial charge in [-0.15, -0.1) is 0 Å². The molecule has 3 rings (SSSR count). The normalized spacial score (nSPS) is 30.2. The minimum Gasteiger partial charge on any atom is -0.494 e. The maximum Gasteiger partial charge on any atom is 0.241 e. The molecule has 2 heterocycles. The van der Waals surface area contributed by atoms with Gasteiger partial charge in [0.15, 0.2) is 0 Å². The first-order valence-corrected chi connectivity index (χ1v) is 6.27. The van der Waals surface area contributed by atoms with E-state index in [1.807, 2.05) is 45.2 Å². The number of carbonyl (C=O) groups excluding carboxylic acids is 1. The number of para-hydroxylation sites is 1. The van der Waals surface area contributed by atoms with Crippen LogP contribution in [0.5, 0.6) is 0 Å². The summed E-state index contributed by atoms with van der Waals surface area (Å²) in [6, 6.07) is 8.08. The predicted octanol–water partition coefficient (Wildman–Crippen LogP) is 2.51. The molecule has 2 aliphatic heterocycles. The number of hydrogen-bond donors (Lipinski definition) is 0. The molecule has 0 aromatic heterocycles. The molecule has 1 aromatic rings. The SMILES string of the molecule is CC1=CC2(Cc3ccccc3N(C)C2=O)C(C)O1. The fraction of sp³-hybridized carbons (Fsp3) is 0.400. The molecule has 0 aliphatic carbocycles. The molecule has 1 spiro atoms. The van der Waals surface area contributed by atoms with Gasteiger partial charge in [0, 0.05) is 12.7 Å². The van der Waals surface area contributed by atoms with Gasteiger partial charge in [0.05, 0.1) is 5.76 Å². The number of rotatable bonds is 0. The van der Waals surface area contributed by atoms with E-state index < -0.39 is 5.41 Å². The van der Waals surface area contributed by atoms with Gasteiger partial charge in [-0.25, -0.2) is 0 Å². The van der Waals surface area contributed by atoms with Crippen molar-refractivity contribution in [2.24, 2.45) is 5.41 Å². The van der Waals surface area contributed by atoms with Crippen molar-refractivity contribution in [3.8, 4) is 0 Å². The molecule has 0 fully saturated rings. The summed E-state index contributed by atoms with van der Waals surface area (Å²) in [4.78, 5) is 14.4. The molecule has 94 valence electrons. The van der Waals surface area contributed by atoms with E-state index in [4.69, 9.17) is 4.74 Å². The number of nitrogens with zero attached hydrogens (tertiary/aromatic N) is 1. The lowest BCUT2D eigenvalue weighted by molar-refractivity contribution is -0.129. The van der Waals surface area contributed by atoms with Crippen LogP contribution in [0.2, 0.25) is 0 Å². The summed E-state index contributed by atoms with van der Waals surface area (Å²) in [5.41, 5.74) is 1.70. The first-order chi connectivity index (χ1) is 8.54. The molecule has 0 radical (unpaired) electrons. The van der Waals surface area contributed by atoms with Crippen molar-refractivity contribution in [1.82, 2.24) is 0 Å². The van der Waals surface area contributed by atoms with Gasteiger partial charge in [-0.05, 0) is 38.0 Å². The zero-order valence-electron chi connectivity index (χ0n) is 10.9. The summed E-state index contributed by atoms with van der Waals surface area (Å²) in [6.07, 6.45) is 2.62. The third-order valence-corrected chi connectivity index (χ3v) is 4.09. The maximum atomic E-state index is 12.7. The first-order valence-electron chi connectivity index (χ1n) is 6.27. The van der Waals surface area contributed by atoms with Crippen molar-refractivity contribution in [3.05, 3.63) is 41.7 Å². The molecular weight excluding hydrogens is 226 g/mol. The van der Waals surface area contributed by atoms with Crippen molar-refractivity contribution in [2.75, 3.05) is 11.9 Å². The van der Waals surface area contributed by atoms with Crippen LogP contribution in [0.4, 0.5) is 5.69 Å². The third-order valence-electron chi connectivity index (χ3n) is 4.09. The molecule has 3 heteroatoms. The second-order valence-electron chi connectivity index (χ2n) is 5.23. The zero-order valence-corrected chi connectivity index (χ0v) is 10.9. The fourth-order valence-electron chi connectivity index (χ4n) is 3.13. The molecule has 0 saturated carbocycles. The van der Waals surface area contributed by atoms with Crippen molar-refractivity contribution in [1.29, 1.82) is 0 Å². The molecule has 0 N–H and O–H groups in total. The van der Waals surface area contributed by atoms with E-state index in [2.05, 4.69) is 6.07 Å². The van der Waals surface area contributed by atoms with Gasteiger partial charge in [0.1, 0.15) is 11.5 Å². The van der Waals surface area contributed by atoms with Crippen molar-refractivity contribution < 1.29 is 9.53 Å². The Morgan fingerprint density at radius 1 is 1.39 bits per heavy atom. The van der Waals surface area contributed by atoms with E-state index >= 15 is 0 Å². The van der Waals surface area contributed by atoms with Crippen LogP contribution in [0.25, 0.3) is 0 Å². The maximum absolute atomic E-state index is 12.7. The smallest absolute Gasteiger partial charge is 0.241 e. The van der Waals surface area contributed by atoms with E-state index in [-0.39, 0.29) is 12.0 Å². The Hall–Kier alpha value is -1.77. The van der Waals surface area contributed by atoms with E-state index in [0.717, 1.165) is 17.9 Å². The summed E-state index contributed by atoms with van der Waals surface area (Å²) >= 11 is 0. The highest BCUT2D eigenvalue weighted by molar-refractivity contribution is 6.02. The Bertz CT molecular complexity index is 549. The van der Waals surface area contributed by atoms with Crippen LogP contribution in [0.3, 0.4) is 0 Å². The molecule has 18 heavy (non-hydrogen) atoms. The van der Waals surface area contributed by atoms with Crippen molar-refractivity contribution >= 4 is 11.6 Å². The minimum atomic E-state index is -0.521. The fourth-order valence-corrected chi connectivity index (χ4v) is 3.13. The topological polar surface area (TPSA) is 29.5 Å². The standard InChI is InChI=1S/C15H17NO2/c1-10-8-15(11(2)18-10)9-12-6-4-5-7-13(12)16(3)14(15)17/h4-8,11H,9H2,1-3H3.